The highest BCUT2D eigenvalue weighted by Crippen LogP contribution is 2.18. The zero-order valence-electron chi connectivity index (χ0n) is 12.6. The van der Waals surface area contributed by atoms with Gasteiger partial charge in [0.2, 0.25) is 0 Å². The first-order chi connectivity index (χ1) is 10.3. The molecule has 1 saturated heterocycles. The number of hydrogen-bond donors (Lipinski definition) is 1. The van der Waals surface area contributed by atoms with Crippen molar-refractivity contribution in [2.24, 2.45) is 0 Å². The lowest BCUT2D eigenvalue weighted by Crippen LogP contribution is -2.38. The molecule has 0 spiro atoms. The van der Waals surface area contributed by atoms with E-state index in [0.29, 0.717) is 6.04 Å². The summed E-state index contributed by atoms with van der Waals surface area (Å²) in [6, 6.07) is 13.5. The smallest absolute Gasteiger partial charge is 0.0531 e. The lowest BCUT2D eigenvalue weighted by Gasteiger charge is -2.32. The molecule has 0 atom stereocenters. The van der Waals surface area contributed by atoms with Crippen LogP contribution in [-0.4, -0.2) is 29.0 Å². The topological polar surface area (TPSA) is 28.2 Å². The molecule has 3 nitrogen and oxygen atoms in total. The molecule has 1 aromatic heterocycles. The number of anilines is 1. The normalized spacial score (nSPS) is 16.8. The molecule has 3 rings (SSSR count). The molecule has 1 N–H and O–H groups in total. The molecule has 0 radical (unpaired) electrons. The number of nitrogens with zero attached hydrogens (tertiary/aromatic N) is 2. The zero-order valence-corrected chi connectivity index (χ0v) is 12.6. The van der Waals surface area contributed by atoms with Crippen molar-refractivity contribution in [3.05, 3.63) is 59.9 Å². The Labute approximate surface area is 127 Å². The maximum atomic E-state index is 4.25. The van der Waals surface area contributed by atoms with Crippen molar-refractivity contribution < 1.29 is 0 Å². The molecule has 110 valence electrons. The number of nitrogens with one attached hydrogen (secondary N) is 1. The molecule has 0 aliphatic carbocycles. The van der Waals surface area contributed by atoms with Gasteiger partial charge in [0.05, 0.1) is 5.69 Å². The maximum Gasteiger partial charge on any atom is 0.0531 e. The molecule has 1 aromatic carbocycles. The first-order valence-corrected chi connectivity index (χ1v) is 7.74. The van der Waals surface area contributed by atoms with Gasteiger partial charge in [0.25, 0.3) is 0 Å². The quantitative estimate of drug-likeness (QED) is 0.930. The second-order valence-corrected chi connectivity index (χ2v) is 5.93. The summed E-state index contributed by atoms with van der Waals surface area (Å²) >= 11 is 0. The van der Waals surface area contributed by atoms with E-state index in [2.05, 4.69) is 58.5 Å². The van der Waals surface area contributed by atoms with Crippen LogP contribution in [0, 0.1) is 6.92 Å². The third kappa shape index (κ3) is 4.05. The van der Waals surface area contributed by atoms with Gasteiger partial charge in [-0.25, -0.2) is 0 Å². The standard InChI is InChI=1S/C18H23N3/c1-15-11-18(13-19-12-15)20-17-7-9-21(10-8-17)14-16-5-3-2-4-6-16/h2-6,11-13,17,20H,7-10,14H2,1H3. The number of benzene rings is 1. The van der Waals surface area contributed by atoms with Gasteiger partial charge < -0.3 is 5.32 Å². The van der Waals surface area contributed by atoms with E-state index in [1.54, 1.807) is 0 Å². The number of piperidine rings is 1. The van der Waals surface area contributed by atoms with E-state index in [4.69, 9.17) is 0 Å². The number of aromatic nitrogens is 1. The summed E-state index contributed by atoms with van der Waals surface area (Å²) in [4.78, 5) is 6.79. The minimum atomic E-state index is 0.570. The Bertz CT molecular complexity index is 560. The van der Waals surface area contributed by atoms with E-state index < -0.39 is 0 Å². The Morgan fingerprint density at radius 3 is 2.62 bits per heavy atom. The SMILES string of the molecule is Cc1cncc(NC2CCN(Cc3ccccc3)CC2)c1. The van der Waals surface area contributed by atoms with Crippen molar-refractivity contribution in [1.29, 1.82) is 0 Å². The van der Waals surface area contributed by atoms with Crippen LogP contribution < -0.4 is 5.32 Å². The van der Waals surface area contributed by atoms with Crippen LogP contribution in [0.4, 0.5) is 5.69 Å². The Hall–Kier alpha value is -1.87. The van der Waals surface area contributed by atoms with Gasteiger partial charge in [-0.2, -0.15) is 0 Å². The third-order valence-electron chi connectivity index (χ3n) is 4.08. The second-order valence-electron chi connectivity index (χ2n) is 5.93. The number of hydrogen-bond acceptors (Lipinski definition) is 3. The fraction of sp³-hybridized carbons (Fsp3) is 0.389. The zero-order chi connectivity index (χ0) is 14.5. The van der Waals surface area contributed by atoms with Gasteiger partial charge in [-0.3, -0.25) is 9.88 Å². The van der Waals surface area contributed by atoms with E-state index in [1.165, 1.54) is 24.0 Å². The van der Waals surface area contributed by atoms with Gasteiger partial charge in [-0.15, -0.1) is 0 Å². The summed E-state index contributed by atoms with van der Waals surface area (Å²) < 4.78 is 0. The largest absolute Gasteiger partial charge is 0.381 e. The molecule has 0 saturated carbocycles. The lowest BCUT2D eigenvalue weighted by atomic mass is 10.0. The molecule has 0 amide bonds. The Morgan fingerprint density at radius 2 is 1.90 bits per heavy atom. The monoisotopic (exact) mass is 281 g/mol. The molecule has 2 heterocycles. The van der Waals surface area contributed by atoms with Gasteiger partial charge in [0.1, 0.15) is 0 Å². The predicted octanol–water partition coefficient (Wildman–Crippen LogP) is 3.47. The Kier molecular flexibility index (Phi) is 4.51. The third-order valence-corrected chi connectivity index (χ3v) is 4.08. The van der Waals surface area contributed by atoms with Crippen LogP contribution in [0.1, 0.15) is 24.0 Å². The summed E-state index contributed by atoms with van der Waals surface area (Å²) in [5, 5.41) is 3.62. The summed E-state index contributed by atoms with van der Waals surface area (Å²) in [5.41, 5.74) is 3.77. The number of pyridine rings is 1. The first kappa shape index (κ1) is 14.1. The Morgan fingerprint density at radius 1 is 1.14 bits per heavy atom. The van der Waals surface area contributed by atoms with Crippen molar-refractivity contribution in [3.8, 4) is 0 Å². The summed E-state index contributed by atoms with van der Waals surface area (Å²) in [7, 11) is 0. The molecule has 21 heavy (non-hydrogen) atoms. The van der Waals surface area contributed by atoms with Crippen LogP contribution in [0.3, 0.4) is 0 Å². The van der Waals surface area contributed by atoms with Crippen molar-refractivity contribution in [1.82, 2.24) is 9.88 Å². The molecule has 0 bridgehead atoms. The summed E-state index contributed by atoms with van der Waals surface area (Å²) in [5.74, 6) is 0. The molecule has 3 heteroatoms. The highest BCUT2D eigenvalue weighted by Gasteiger charge is 2.19. The molecular weight excluding hydrogens is 258 g/mol. The van der Waals surface area contributed by atoms with E-state index in [1.807, 2.05) is 12.4 Å². The highest BCUT2D eigenvalue weighted by molar-refractivity contribution is 5.43. The number of rotatable bonds is 4. The van der Waals surface area contributed by atoms with Crippen molar-refractivity contribution in [3.63, 3.8) is 0 Å². The minimum Gasteiger partial charge on any atom is -0.381 e. The molecule has 1 aliphatic rings. The van der Waals surface area contributed by atoms with Gasteiger partial charge in [0, 0.05) is 38.1 Å². The molecule has 2 aromatic rings. The van der Waals surface area contributed by atoms with Crippen LogP contribution in [0.2, 0.25) is 0 Å². The van der Waals surface area contributed by atoms with Gasteiger partial charge in [-0.05, 0) is 37.0 Å². The molecule has 1 fully saturated rings. The average Bonchev–Trinajstić information content (AvgIpc) is 2.50. The molecule has 0 unspecified atom stereocenters. The molecule has 1 aliphatic heterocycles. The van der Waals surface area contributed by atoms with Crippen LogP contribution in [0.25, 0.3) is 0 Å². The average molecular weight is 281 g/mol. The van der Waals surface area contributed by atoms with Crippen LogP contribution in [-0.2, 0) is 6.54 Å². The van der Waals surface area contributed by atoms with Gasteiger partial charge in [0.15, 0.2) is 0 Å². The highest BCUT2D eigenvalue weighted by atomic mass is 15.1. The van der Waals surface area contributed by atoms with Crippen LogP contribution >= 0.6 is 0 Å². The minimum absolute atomic E-state index is 0.570. The van der Waals surface area contributed by atoms with Crippen molar-refractivity contribution in [2.75, 3.05) is 18.4 Å². The molecular formula is C18H23N3. The van der Waals surface area contributed by atoms with Gasteiger partial charge in [-0.1, -0.05) is 30.3 Å². The van der Waals surface area contributed by atoms with E-state index >= 15 is 0 Å². The number of likely N-dealkylation sites (tertiary alicyclic amines) is 1. The Balaban J connectivity index is 1.49. The van der Waals surface area contributed by atoms with Crippen molar-refractivity contribution >= 4 is 5.69 Å². The summed E-state index contributed by atoms with van der Waals surface area (Å²) in [6.45, 7) is 5.47. The van der Waals surface area contributed by atoms with E-state index in [9.17, 15) is 0 Å². The van der Waals surface area contributed by atoms with E-state index in [0.717, 1.165) is 25.3 Å². The van der Waals surface area contributed by atoms with Crippen molar-refractivity contribution in [2.45, 2.75) is 32.4 Å². The number of aryl methyl sites for hydroxylation is 1. The first-order valence-electron chi connectivity index (χ1n) is 7.74. The summed E-state index contributed by atoms with van der Waals surface area (Å²) in [6.07, 6.45) is 6.21. The maximum absolute atomic E-state index is 4.25. The second kappa shape index (κ2) is 6.72. The predicted molar refractivity (Wildman–Crippen MR) is 87.3 cm³/mol. The van der Waals surface area contributed by atoms with Crippen LogP contribution in [0.5, 0.6) is 0 Å². The fourth-order valence-corrected chi connectivity index (χ4v) is 2.95. The van der Waals surface area contributed by atoms with Gasteiger partial charge >= 0.3 is 0 Å². The van der Waals surface area contributed by atoms with Crippen LogP contribution in [0.15, 0.2) is 48.8 Å². The lowest BCUT2D eigenvalue weighted by molar-refractivity contribution is 0.211. The van der Waals surface area contributed by atoms with E-state index in [-0.39, 0.29) is 0 Å². The fourth-order valence-electron chi connectivity index (χ4n) is 2.95.